The number of nitrogens with one attached hydrogen (secondary N) is 2. The van der Waals surface area contributed by atoms with Gasteiger partial charge in [0.15, 0.2) is 11.0 Å². The molecule has 0 spiro atoms. The molecule has 0 saturated carbocycles. The van der Waals surface area contributed by atoms with Crippen LogP contribution in [0.25, 0.3) is 0 Å². The standard InChI is InChI=1S/C26H29BrClN5O2S/c1-6-11-33-24(23(15(2)3)30-25(35)18-9-7-8-10-20(18)28)31-32-26(33)36-14-22(34)29-21-13-17(5)16(4)12-19(21)27/h6-10,12-13,15,23H,1,11,14H2,2-5H3,(H,29,34)(H,30,35)/t23-/m1/s1. The van der Waals surface area contributed by atoms with Crippen molar-refractivity contribution in [2.45, 2.75) is 45.4 Å². The summed E-state index contributed by atoms with van der Waals surface area (Å²) < 4.78 is 2.70. The average Bonchev–Trinajstić information content (AvgIpc) is 3.22. The number of amides is 2. The topological polar surface area (TPSA) is 88.9 Å². The maximum absolute atomic E-state index is 13.0. The van der Waals surface area contributed by atoms with E-state index >= 15 is 0 Å². The van der Waals surface area contributed by atoms with Crippen molar-refractivity contribution in [3.8, 4) is 0 Å². The minimum atomic E-state index is -0.420. The number of allylic oxidation sites excluding steroid dienone is 1. The Hall–Kier alpha value is -2.62. The van der Waals surface area contributed by atoms with Crippen molar-refractivity contribution in [3.05, 3.63) is 81.1 Å². The van der Waals surface area contributed by atoms with Crippen LogP contribution in [-0.2, 0) is 11.3 Å². The van der Waals surface area contributed by atoms with Crippen LogP contribution in [0.4, 0.5) is 5.69 Å². The van der Waals surface area contributed by atoms with Gasteiger partial charge in [-0.1, -0.05) is 55.4 Å². The molecule has 0 unspecified atom stereocenters. The van der Waals surface area contributed by atoms with Crippen molar-refractivity contribution in [1.29, 1.82) is 0 Å². The van der Waals surface area contributed by atoms with E-state index in [-0.39, 0.29) is 23.5 Å². The molecule has 190 valence electrons. The lowest BCUT2D eigenvalue weighted by molar-refractivity contribution is -0.113. The number of aryl methyl sites for hydroxylation is 2. The molecular formula is C26H29BrClN5O2S. The Balaban J connectivity index is 1.77. The first kappa shape index (κ1) is 28.0. The van der Waals surface area contributed by atoms with E-state index < -0.39 is 6.04 Å². The summed E-state index contributed by atoms with van der Waals surface area (Å²) in [6.45, 7) is 12.3. The number of halogens is 2. The molecule has 2 aromatic carbocycles. The summed E-state index contributed by atoms with van der Waals surface area (Å²) in [4.78, 5) is 25.6. The molecule has 1 atom stereocenters. The molecule has 7 nitrogen and oxygen atoms in total. The van der Waals surface area contributed by atoms with Gasteiger partial charge < -0.3 is 15.2 Å². The van der Waals surface area contributed by atoms with Gasteiger partial charge in [0.25, 0.3) is 5.91 Å². The van der Waals surface area contributed by atoms with Crippen molar-refractivity contribution in [2.24, 2.45) is 5.92 Å². The van der Waals surface area contributed by atoms with Crippen LogP contribution in [-0.4, -0.2) is 32.3 Å². The van der Waals surface area contributed by atoms with Crippen LogP contribution in [0.15, 0.2) is 58.7 Å². The fraction of sp³-hybridized carbons (Fsp3) is 0.308. The molecule has 0 aliphatic carbocycles. The first-order valence-electron chi connectivity index (χ1n) is 11.4. The number of nitrogens with zero attached hydrogens (tertiary/aromatic N) is 3. The lowest BCUT2D eigenvalue weighted by Gasteiger charge is -2.23. The van der Waals surface area contributed by atoms with Crippen LogP contribution in [0, 0.1) is 19.8 Å². The van der Waals surface area contributed by atoms with Crippen LogP contribution >= 0.6 is 39.3 Å². The Bertz CT molecular complexity index is 1280. The highest BCUT2D eigenvalue weighted by Crippen LogP contribution is 2.28. The first-order chi connectivity index (χ1) is 17.1. The van der Waals surface area contributed by atoms with Gasteiger partial charge in [-0.15, -0.1) is 16.8 Å². The van der Waals surface area contributed by atoms with Crippen molar-refractivity contribution >= 4 is 56.8 Å². The smallest absolute Gasteiger partial charge is 0.253 e. The lowest BCUT2D eigenvalue weighted by atomic mass is 10.0. The zero-order valence-electron chi connectivity index (χ0n) is 20.6. The second kappa shape index (κ2) is 12.6. The van der Waals surface area contributed by atoms with Gasteiger partial charge in [-0.2, -0.15) is 0 Å². The molecule has 3 aromatic rings. The van der Waals surface area contributed by atoms with Gasteiger partial charge >= 0.3 is 0 Å². The average molecular weight is 591 g/mol. The molecule has 3 rings (SSSR count). The Morgan fingerprint density at radius 2 is 1.89 bits per heavy atom. The third-order valence-electron chi connectivity index (χ3n) is 5.60. The Kier molecular flexibility index (Phi) is 9.76. The number of thioether (sulfide) groups is 1. The summed E-state index contributed by atoms with van der Waals surface area (Å²) in [6, 6.07) is 10.4. The molecule has 0 bridgehead atoms. The van der Waals surface area contributed by atoms with Gasteiger partial charge in [-0.3, -0.25) is 9.59 Å². The van der Waals surface area contributed by atoms with E-state index in [1.807, 2.05) is 44.4 Å². The Morgan fingerprint density at radius 3 is 2.56 bits per heavy atom. The minimum Gasteiger partial charge on any atom is -0.342 e. The second-order valence-corrected chi connectivity index (χ2v) is 10.9. The zero-order valence-corrected chi connectivity index (χ0v) is 23.8. The van der Waals surface area contributed by atoms with Crippen molar-refractivity contribution < 1.29 is 9.59 Å². The number of aromatic nitrogens is 3. The zero-order chi connectivity index (χ0) is 26.4. The Labute approximate surface area is 229 Å². The second-order valence-electron chi connectivity index (χ2n) is 8.67. The lowest BCUT2D eigenvalue weighted by Crippen LogP contribution is -2.34. The van der Waals surface area contributed by atoms with E-state index in [4.69, 9.17) is 11.6 Å². The Morgan fingerprint density at radius 1 is 1.19 bits per heavy atom. The van der Waals surface area contributed by atoms with Crippen molar-refractivity contribution in [2.75, 3.05) is 11.1 Å². The highest BCUT2D eigenvalue weighted by Gasteiger charge is 2.27. The molecular weight excluding hydrogens is 562 g/mol. The highest BCUT2D eigenvalue weighted by atomic mass is 79.9. The maximum atomic E-state index is 13.0. The number of carbonyl (C=O) groups excluding carboxylic acids is 2. The minimum absolute atomic E-state index is 0.0208. The van der Waals surface area contributed by atoms with E-state index in [0.717, 1.165) is 21.3 Å². The van der Waals surface area contributed by atoms with Crippen molar-refractivity contribution in [1.82, 2.24) is 20.1 Å². The number of rotatable bonds is 10. The summed E-state index contributed by atoms with van der Waals surface area (Å²) in [5.41, 5.74) is 3.35. The van der Waals surface area contributed by atoms with E-state index in [9.17, 15) is 9.59 Å². The SMILES string of the molecule is C=CCn1c(SCC(=O)Nc2cc(C)c(C)cc2Br)nnc1[C@H](NC(=O)c1ccccc1Cl)C(C)C. The number of hydrogen-bond acceptors (Lipinski definition) is 5. The van der Waals surface area contributed by atoms with Gasteiger partial charge in [-0.05, 0) is 71.1 Å². The van der Waals surface area contributed by atoms with Crippen LogP contribution in [0.1, 0.15) is 47.2 Å². The maximum Gasteiger partial charge on any atom is 0.253 e. The molecule has 2 N–H and O–H groups in total. The fourth-order valence-corrected chi connectivity index (χ4v) is 5.06. The normalized spacial score (nSPS) is 11.9. The van der Waals surface area contributed by atoms with E-state index in [0.29, 0.717) is 28.1 Å². The number of hydrogen-bond donors (Lipinski definition) is 2. The largest absolute Gasteiger partial charge is 0.342 e. The monoisotopic (exact) mass is 589 g/mol. The predicted molar refractivity (Wildman–Crippen MR) is 150 cm³/mol. The molecule has 2 amide bonds. The summed E-state index contributed by atoms with van der Waals surface area (Å²) in [7, 11) is 0. The number of benzene rings is 2. The van der Waals surface area contributed by atoms with Crippen LogP contribution in [0.3, 0.4) is 0 Å². The summed E-state index contributed by atoms with van der Waals surface area (Å²) in [5.74, 6) is 0.302. The molecule has 1 aromatic heterocycles. The number of carbonyl (C=O) groups is 2. The third-order valence-corrected chi connectivity index (χ3v) is 7.55. The summed E-state index contributed by atoms with van der Waals surface area (Å²) >= 11 is 11.0. The van der Waals surface area contributed by atoms with E-state index in [2.05, 4.69) is 43.3 Å². The molecule has 0 aliphatic rings. The molecule has 0 fully saturated rings. The molecule has 10 heteroatoms. The van der Waals surface area contributed by atoms with Gasteiger partial charge in [0, 0.05) is 11.0 Å². The quantitative estimate of drug-likeness (QED) is 0.212. The molecule has 36 heavy (non-hydrogen) atoms. The highest BCUT2D eigenvalue weighted by molar-refractivity contribution is 9.10. The summed E-state index contributed by atoms with van der Waals surface area (Å²) in [6.07, 6.45) is 1.73. The number of anilines is 1. The third kappa shape index (κ3) is 6.78. The summed E-state index contributed by atoms with van der Waals surface area (Å²) in [5, 5.41) is 15.6. The van der Waals surface area contributed by atoms with Crippen molar-refractivity contribution in [3.63, 3.8) is 0 Å². The molecule has 1 heterocycles. The fourth-order valence-electron chi connectivity index (χ4n) is 3.52. The van der Waals surface area contributed by atoms with Crippen LogP contribution in [0.2, 0.25) is 5.02 Å². The van der Waals surface area contributed by atoms with Gasteiger partial charge in [0.1, 0.15) is 0 Å². The molecule has 0 radical (unpaired) electrons. The van der Waals surface area contributed by atoms with Gasteiger partial charge in [0.05, 0.1) is 28.1 Å². The van der Waals surface area contributed by atoms with E-state index in [1.54, 1.807) is 30.3 Å². The molecule has 0 aliphatic heterocycles. The predicted octanol–water partition coefficient (Wildman–Crippen LogP) is 6.35. The van der Waals surface area contributed by atoms with Crippen LogP contribution in [0.5, 0.6) is 0 Å². The molecule has 0 saturated heterocycles. The van der Waals surface area contributed by atoms with E-state index in [1.165, 1.54) is 11.8 Å². The van der Waals surface area contributed by atoms with Crippen LogP contribution < -0.4 is 10.6 Å². The van der Waals surface area contributed by atoms with Gasteiger partial charge in [0.2, 0.25) is 5.91 Å². The van der Waals surface area contributed by atoms with Gasteiger partial charge in [-0.25, -0.2) is 0 Å². The first-order valence-corrected chi connectivity index (χ1v) is 13.6.